The number of aliphatic hydroxyl groups excluding tert-OH is 1. The highest BCUT2D eigenvalue weighted by Gasteiger charge is 2.13. The highest BCUT2D eigenvalue weighted by molar-refractivity contribution is 5.74. The third-order valence-electron chi connectivity index (χ3n) is 3.83. The van der Waals surface area contributed by atoms with E-state index in [9.17, 15) is 19.8 Å². The van der Waals surface area contributed by atoms with E-state index < -0.39 is 18.0 Å². The first-order valence-electron chi connectivity index (χ1n) is 8.53. The monoisotopic (exact) mass is 315 g/mol. The molecule has 0 aliphatic heterocycles. The molecule has 0 rings (SSSR count). The Morgan fingerprint density at radius 1 is 0.864 bits per heavy atom. The van der Waals surface area contributed by atoms with E-state index in [1.165, 1.54) is 39.2 Å². The van der Waals surface area contributed by atoms with Crippen molar-refractivity contribution in [2.75, 3.05) is 7.11 Å². The molecule has 0 bridgehead atoms. The van der Waals surface area contributed by atoms with E-state index in [4.69, 9.17) is 0 Å². The first kappa shape index (κ1) is 20.9. The van der Waals surface area contributed by atoms with Crippen LogP contribution in [-0.4, -0.2) is 30.3 Å². The second kappa shape index (κ2) is 14.8. The first-order valence-corrected chi connectivity index (χ1v) is 8.53. The molecule has 0 aromatic heterocycles. The van der Waals surface area contributed by atoms with Crippen molar-refractivity contribution in [2.24, 2.45) is 0 Å². The Morgan fingerprint density at radius 3 is 1.68 bits per heavy atom. The van der Waals surface area contributed by atoms with Crippen LogP contribution in [-0.2, 0) is 14.3 Å². The van der Waals surface area contributed by atoms with Crippen LogP contribution in [0.1, 0.15) is 83.5 Å². The summed E-state index contributed by atoms with van der Waals surface area (Å²) < 4.78 is 4.46. The topological polar surface area (TPSA) is 86.7 Å². The Labute approximate surface area is 134 Å². The molecule has 0 amide bonds. The first-order chi connectivity index (χ1) is 10.6. The molecule has 0 aromatic carbocycles. The Hall–Kier alpha value is -1.10. The van der Waals surface area contributed by atoms with Crippen LogP contribution >= 0.6 is 0 Å². The van der Waals surface area contributed by atoms with Crippen LogP contribution in [0.4, 0.5) is 0 Å². The van der Waals surface area contributed by atoms with Crippen LogP contribution in [0.25, 0.3) is 0 Å². The van der Waals surface area contributed by atoms with E-state index >= 15 is 0 Å². The molecule has 0 aliphatic carbocycles. The van der Waals surface area contributed by atoms with Gasteiger partial charge in [0, 0.05) is 5.97 Å². The maximum Gasteiger partial charge on any atom is 0.334 e. The summed E-state index contributed by atoms with van der Waals surface area (Å²) in [6.07, 6.45) is 11.6. The third kappa shape index (κ3) is 13.9. The van der Waals surface area contributed by atoms with Gasteiger partial charge in [0.05, 0.1) is 7.11 Å². The van der Waals surface area contributed by atoms with Crippen LogP contribution < -0.4 is 5.11 Å². The summed E-state index contributed by atoms with van der Waals surface area (Å²) in [5, 5.41) is 19.6. The van der Waals surface area contributed by atoms with Gasteiger partial charge in [0.1, 0.15) is 0 Å². The highest BCUT2D eigenvalue weighted by Crippen LogP contribution is 2.13. The second-order valence-corrected chi connectivity index (χ2v) is 5.84. The lowest BCUT2D eigenvalue weighted by Gasteiger charge is -2.07. The van der Waals surface area contributed by atoms with Gasteiger partial charge in [0.15, 0.2) is 6.10 Å². The van der Waals surface area contributed by atoms with Gasteiger partial charge in [-0.3, -0.25) is 0 Å². The average molecular weight is 315 g/mol. The molecule has 5 heteroatoms. The van der Waals surface area contributed by atoms with Gasteiger partial charge in [-0.2, -0.15) is 0 Å². The minimum absolute atomic E-state index is 0.185. The van der Waals surface area contributed by atoms with E-state index in [0.29, 0.717) is 6.42 Å². The van der Waals surface area contributed by atoms with Crippen molar-refractivity contribution in [3.8, 4) is 0 Å². The number of carboxylic acid groups (broad SMARTS) is 1. The molecular weight excluding hydrogens is 284 g/mol. The van der Waals surface area contributed by atoms with Crippen molar-refractivity contribution < 1.29 is 24.5 Å². The molecule has 0 saturated carbocycles. The lowest BCUT2D eigenvalue weighted by Crippen LogP contribution is -2.21. The van der Waals surface area contributed by atoms with Crippen molar-refractivity contribution in [1.82, 2.24) is 0 Å². The molecule has 0 unspecified atom stereocenters. The molecule has 0 radical (unpaired) electrons. The molecule has 0 saturated heterocycles. The second-order valence-electron chi connectivity index (χ2n) is 5.84. The van der Waals surface area contributed by atoms with E-state index in [1.54, 1.807) is 0 Å². The molecule has 0 aliphatic rings. The zero-order valence-electron chi connectivity index (χ0n) is 13.8. The lowest BCUT2D eigenvalue weighted by molar-refractivity contribution is -0.305. The molecule has 0 aromatic rings. The summed E-state index contributed by atoms with van der Waals surface area (Å²) in [7, 11) is 1.29. The fraction of sp³-hybridized carbons (Fsp3) is 0.882. The number of carbonyl (C=O) groups excluding carboxylic acids is 2. The fourth-order valence-corrected chi connectivity index (χ4v) is 2.45. The summed E-state index contributed by atoms with van der Waals surface area (Å²) in [5.41, 5.74) is 0. The van der Waals surface area contributed by atoms with Gasteiger partial charge in [-0.05, 0) is 19.3 Å². The normalized spacial score (nSPS) is 12.1. The predicted molar refractivity (Wildman–Crippen MR) is 83.1 cm³/mol. The fourth-order valence-electron chi connectivity index (χ4n) is 2.45. The van der Waals surface area contributed by atoms with Gasteiger partial charge in [0.2, 0.25) is 0 Å². The molecule has 130 valence electrons. The van der Waals surface area contributed by atoms with Gasteiger partial charge in [0.25, 0.3) is 0 Å². The quantitative estimate of drug-likeness (QED) is 0.370. The number of unbranched alkanes of at least 4 members (excludes halogenated alkanes) is 10. The molecule has 5 nitrogen and oxygen atoms in total. The SMILES string of the molecule is COC(=O)[C@@H](O)CCCCCCCCCCCCCC(=O)[O-]. The van der Waals surface area contributed by atoms with Crippen molar-refractivity contribution in [3.05, 3.63) is 0 Å². The molecule has 0 heterocycles. The molecule has 1 atom stereocenters. The van der Waals surface area contributed by atoms with E-state index in [1.807, 2.05) is 0 Å². The molecule has 0 spiro atoms. The zero-order chi connectivity index (χ0) is 16.6. The number of aliphatic hydroxyl groups is 1. The van der Waals surface area contributed by atoms with Gasteiger partial charge >= 0.3 is 5.97 Å². The van der Waals surface area contributed by atoms with E-state index in [-0.39, 0.29) is 6.42 Å². The number of ether oxygens (including phenoxy) is 1. The lowest BCUT2D eigenvalue weighted by atomic mass is 10.0. The molecule has 0 fully saturated rings. The van der Waals surface area contributed by atoms with Gasteiger partial charge in [-0.25, -0.2) is 4.79 Å². The highest BCUT2D eigenvalue weighted by atomic mass is 16.5. The average Bonchev–Trinajstić information content (AvgIpc) is 2.50. The number of aliphatic carboxylic acids is 1. The Bertz CT molecular complexity index is 291. The largest absolute Gasteiger partial charge is 0.550 e. The van der Waals surface area contributed by atoms with Crippen LogP contribution in [0.5, 0.6) is 0 Å². The summed E-state index contributed by atoms with van der Waals surface area (Å²) in [6, 6.07) is 0. The van der Waals surface area contributed by atoms with Crippen LogP contribution in [0.3, 0.4) is 0 Å². The third-order valence-corrected chi connectivity index (χ3v) is 3.83. The summed E-state index contributed by atoms with van der Waals surface area (Å²) >= 11 is 0. The Balaban J connectivity index is 3.14. The Morgan fingerprint density at radius 2 is 1.27 bits per heavy atom. The number of methoxy groups -OCH3 is 1. The number of rotatable bonds is 15. The number of hydrogen-bond donors (Lipinski definition) is 1. The minimum Gasteiger partial charge on any atom is -0.550 e. The van der Waals surface area contributed by atoms with E-state index in [0.717, 1.165) is 38.5 Å². The minimum atomic E-state index is -0.970. The standard InChI is InChI=1S/C17H32O5/c1-22-17(21)15(18)13-11-9-7-5-3-2-4-6-8-10-12-14-16(19)20/h15,18H,2-14H2,1H3,(H,19,20)/p-1/t15-/m0/s1. The van der Waals surface area contributed by atoms with Crippen molar-refractivity contribution in [3.63, 3.8) is 0 Å². The number of carboxylic acids is 1. The van der Waals surface area contributed by atoms with E-state index in [2.05, 4.69) is 4.74 Å². The number of hydrogen-bond acceptors (Lipinski definition) is 5. The van der Waals surface area contributed by atoms with Crippen LogP contribution in [0.2, 0.25) is 0 Å². The Kier molecular flexibility index (Phi) is 14.1. The van der Waals surface area contributed by atoms with Crippen LogP contribution in [0, 0.1) is 0 Å². The summed E-state index contributed by atoms with van der Waals surface area (Å²) in [6.45, 7) is 0. The van der Waals surface area contributed by atoms with Crippen molar-refractivity contribution >= 4 is 11.9 Å². The summed E-state index contributed by atoms with van der Waals surface area (Å²) in [5.74, 6) is -1.49. The predicted octanol–water partition coefficient (Wildman–Crippen LogP) is 2.34. The molecule has 22 heavy (non-hydrogen) atoms. The molecule has 1 N–H and O–H groups in total. The van der Waals surface area contributed by atoms with Gasteiger partial charge < -0.3 is 19.7 Å². The number of esters is 1. The number of carbonyl (C=O) groups is 2. The van der Waals surface area contributed by atoms with Crippen molar-refractivity contribution in [2.45, 2.75) is 89.6 Å². The maximum absolute atomic E-state index is 11.0. The van der Waals surface area contributed by atoms with Gasteiger partial charge in [-0.15, -0.1) is 0 Å². The zero-order valence-corrected chi connectivity index (χ0v) is 13.8. The molecular formula is C17H31O5-. The smallest absolute Gasteiger partial charge is 0.334 e. The van der Waals surface area contributed by atoms with Crippen molar-refractivity contribution in [1.29, 1.82) is 0 Å². The summed E-state index contributed by atoms with van der Waals surface area (Å²) in [4.78, 5) is 21.2. The van der Waals surface area contributed by atoms with Gasteiger partial charge in [-0.1, -0.05) is 64.2 Å². The van der Waals surface area contributed by atoms with Crippen LogP contribution in [0.15, 0.2) is 0 Å². The maximum atomic E-state index is 11.0.